The van der Waals surface area contributed by atoms with Gasteiger partial charge in [-0.2, -0.15) is 0 Å². The Morgan fingerprint density at radius 2 is 2.14 bits per heavy atom. The van der Waals surface area contributed by atoms with Crippen LogP contribution in [0.25, 0.3) is 0 Å². The minimum atomic E-state index is -2.09. The van der Waals surface area contributed by atoms with Crippen molar-refractivity contribution in [2.24, 2.45) is 0 Å². The number of hydrogen-bond donors (Lipinski definition) is 2. The Hall–Kier alpha value is -1.01. The van der Waals surface area contributed by atoms with Crippen LogP contribution in [-0.4, -0.2) is 18.3 Å². The van der Waals surface area contributed by atoms with Crippen LogP contribution in [0, 0.1) is 0 Å². The molecule has 0 spiro atoms. The number of benzene rings is 1. The van der Waals surface area contributed by atoms with E-state index >= 15 is 0 Å². The van der Waals surface area contributed by atoms with E-state index in [0.717, 1.165) is 5.69 Å². The van der Waals surface area contributed by atoms with E-state index in [-0.39, 0.29) is 0 Å². The zero-order chi connectivity index (χ0) is 10.7. The molecule has 2 N–H and O–H groups in total. The SMILES string of the molecule is CN(C)c1ccc(N)c(O[SH](=O)=S)c1. The Labute approximate surface area is 89.6 Å². The normalized spacial score (nSPS) is 12.1. The number of nitrogens with zero attached hydrogens (tertiary/aromatic N) is 1. The lowest BCUT2D eigenvalue weighted by molar-refractivity contribution is 0.581. The molecule has 0 saturated heterocycles. The zero-order valence-electron chi connectivity index (χ0n) is 7.93. The first-order valence-corrected chi connectivity index (χ1v) is 6.09. The minimum absolute atomic E-state index is 0.368. The zero-order valence-corrected chi connectivity index (χ0v) is 9.64. The highest BCUT2D eigenvalue weighted by Gasteiger charge is 2.03. The van der Waals surface area contributed by atoms with Crippen LogP contribution in [0.5, 0.6) is 5.75 Å². The van der Waals surface area contributed by atoms with Crippen LogP contribution in [-0.2, 0) is 20.8 Å². The van der Waals surface area contributed by atoms with Gasteiger partial charge in [-0.1, -0.05) is 0 Å². The Bertz CT molecular complexity index is 394. The van der Waals surface area contributed by atoms with Crippen molar-refractivity contribution in [3.63, 3.8) is 0 Å². The van der Waals surface area contributed by atoms with Gasteiger partial charge in [-0.05, 0) is 12.1 Å². The average Bonchev–Trinajstić information content (AvgIpc) is 2.07. The lowest BCUT2D eigenvalue weighted by Crippen LogP contribution is -2.09. The summed E-state index contributed by atoms with van der Waals surface area (Å²) in [5.74, 6) is 0.368. The molecular formula is C8H12N2O2S2. The molecule has 14 heavy (non-hydrogen) atoms. The number of thiol groups is 1. The predicted octanol–water partition coefficient (Wildman–Crippen LogP) is 0.572. The van der Waals surface area contributed by atoms with Crippen LogP contribution in [0.2, 0.25) is 0 Å². The molecule has 0 bridgehead atoms. The first-order valence-electron chi connectivity index (χ1n) is 3.90. The second-order valence-electron chi connectivity index (χ2n) is 2.93. The van der Waals surface area contributed by atoms with Crippen LogP contribution in [0.15, 0.2) is 18.2 Å². The van der Waals surface area contributed by atoms with Gasteiger partial charge in [0.2, 0.25) is 0 Å². The maximum absolute atomic E-state index is 10.7. The van der Waals surface area contributed by atoms with Gasteiger partial charge in [-0.25, -0.2) is 4.21 Å². The molecule has 1 aromatic carbocycles. The van der Waals surface area contributed by atoms with Gasteiger partial charge in [0.25, 0.3) is 0 Å². The summed E-state index contributed by atoms with van der Waals surface area (Å²) in [6.07, 6.45) is 0. The Kier molecular flexibility index (Phi) is 3.54. The van der Waals surface area contributed by atoms with Gasteiger partial charge in [0, 0.05) is 37.0 Å². The molecule has 1 aromatic rings. The molecule has 0 saturated carbocycles. The third-order valence-electron chi connectivity index (χ3n) is 1.69. The molecular weight excluding hydrogens is 220 g/mol. The van der Waals surface area contributed by atoms with Gasteiger partial charge in [-0.3, -0.25) is 0 Å². The van der Waals surface area contributed by atoms with E-state index in [0.29, 0.717) is 11.4 Å². The summed E-state index contributed by atoms with van der Waals surface area (Å²) in [6, 6.07) is 5.24. The average molecular weight is 232 g/mol. The van der Waals surface area contributed by atoms with E-state index < -0.39 is 9.64 Å². The van der Waals surface area contributed by atoms with Crippen LogP contribution in [0.3, 0.4) is 0 Å². The topological polar surface area (TPSA) is 55.6 Å². The third-order valence-corrected chi connectivity index (χ3v) is 2.26. The molecule has 1 rings (SSSR count). The second kappa shape index (κ2) is 4.47. The lowest BCUT2D eigenvalue weighted by Gasteiger charge is -2.14. The summed E-state index contributed by atoms with van der Waals surface area (Å²) in [6.45, 7) is 0. The van der Waals surface area contributed by atoms with Crippen molar-refractivity contribution in [1.82, 2.24) is 0 Å². The molecule has 0 amide bonds. The van der Waals surface area contributed by atoms with Gasteiger partial charge < -0.3 is 14.8 Å². The monoisotopic (exact) mass is 232 g/mol. The van der Waals surface area contributed by atoms with Crippen LogP contribution in [0.4, 0.5) is 11.4 Å². The first-order chi connectivity index (χ1) is 6.50. The van der Waals surface area contributed by atoms with Crippen molar-refractivity contribution >= 4 is 32.2 Å². The summed E-state index contributed by atoms with van der Waals surface area (Å²) in [5.41, 5.74) is 6.97. The number of rotatable bonds is 3. The van der Waals surface area contributed by atoms with E-state index in [1.165, 1.54) is 0 Å². The highest BCUT2D eigenvalue weighted by Crippen LogP contribution is 2.26. The molecule has 0 fully saturated rings. The molecule has 0 aliphatic heterocycles. The Morgan fingerprint density at radius 1 is 1.50 bits per heavy atom. The van der Waals surface area contributed by atoms with Crippen molar-refractivity contribution < 1.29 is 8.39 Å². The van der Waals surface area contributed by atoms with Crippen LogP contribution < -0.4 is 14.8 Å². The number of anilines is 2. The standard InChI is InChI=1S/C8H12N2O2S2/c1-10(2)6-3-4-7(9)8(5-6)12-14(11)13/h3-5,14H,9H2,1-2H3. The molecule has 6 heteroatoms. The van der Waals surface area contributed by atoms with E-state index in [1.54, 1.807) is 12.1 Å². The highest BCUT2D eigenvalue weighted by molar-refractivity contribution is 8.19. The fourth-order valence-electron chi connectivity index (χ4n) is 0.961. The van der Waals surface area contributed by atoms with Crippen LogP contribution in [0.1, 0.15) is 0 Å². The van der Waals surface area contributed by atoms with Crippen LogP contribution >= 0.6 is 0 Å². The molecule has 0 aliphatic rings. The van der Waals surface area contributed by atoms with E-state index in [2.05, 4.69) is 11.2 Å². The maximum Gasteiger partial charge on any atom is 0.174 e. The maximum atomic E-state index is 10.7. The van der Waals surface area contributed by atoms with Crippen molar-refractivity contribution in [2.75, 3.05) is 24.7 Å². The van der Waals surface area contributed by atoms with Gasteiger partial charge >= 0.3 is 0 Å². The van der Waals surface area contributed by atoms with Crippen molar-refractivity contribution in [1.29, 1.82) is 0 Å². The quantitative estimate of drug-likeness (QED) is 0.589. The van der Waals surface area contributed by atoms with Crippen molar-refractivity contribution in [3.05, 3.63) is 18.2 Å². The van der Waals surface area contributed by atoms with E-state index in [4.69, 9.17) is 9.92 Å². The molecule has 0 aromatic heterocycles. The molecule has 4 nitrogen and oxygen atoms in total. The number of nitrogen functional groups attached to an aromatic ring is 1. The predicted molar refractivity (Wildman–Crippen MR) is 62.7 cm³/mol. The van der Waals surface area contributed by atoms with Crippen molar-refractivity contribution in [2.45, 2.75) is 0 Å². The third kappa shape index (κ3) is 2.74. The summed E-state index contributed by atoms with van der Waals surface area (Å²) < 4.78 is 15.6. The highest BCUT2D eigenvalue weighted by atomic mass is 32.8. The molecule has 78 valence electrons. The fraction of sp³-hybridized carbons (Fsp3) is 0.250. The summed E-state index contributed by atoms with van der Waals surface area (Å²) in [7, 11) is 1.69. The lowest BCUT2D eigenvalue weighted by atomic mass is 10.2. The second-order valence-corrected chi connectivity index (χ2v) is 4.46. The van der Waals surface area contributed by atoms with E-state index in [1.807, 2.05) is 25.1 Å². The van der Waals surface area contributed by atoms with Crippen molar-refractivity contribution in [3.8, 4) is 5.75 Å². The number of nitrogens with two attached hydrogens (primary N) is 1. The fourth-order valence-corrected chi connectivity index (χ4v) is 1.52. The largest absolute Gasteiger partial charge is 0.400 e. The molecule has 0 radical (unpaired) electrons. The van der Waals surface area contributed by atoms with Gasteiger partial charge in [0.15, 0.2) is 15.4 Å². The van der Waals surface area contributed by atoms with Gasteiger partial charge in [-0.15, -0.1) is 0 Å². The first kappa shape index (κ1) is 11.1. The summed E-state index contributed by atoms with van der Waals surface area (Å²) in [4.78, 5) is 1.89. The van der Waals surface area contributed by atoms with Gasteiger partial charge in [0.1, 0.15) is 0 Å². The molecule has 0 heterocycles. The Balaban J connectivity index is 3.08. The molecule has 1 unspecified atom stereocenters. The smallest absolute Gasteiger partial charge is 0.174 e. The summed E-state index contributed by atoms with van der Waals surface area (Å²) >= 11 is 4.45. The number of hydrogen-bond acceptors (Lipinski definition) is 5. The van der Waals surface area contributed by atoms with Gasteiger partial charge in [0.05, 0.1) is 5.69 Å². The molecule has 0 aliphatic carbocycles. The minimum Gasteiger partial charge on any atom is -0.400 e. The van der Waals surface area contributed by atoms with E-state index in [9.17, 15) is 4.21 Å². The Morgan fingerprint density at radius 3 is 2.64 bits per heavy atom. The summed E-state index contributed by atoms with van der Waals surface area (Å²) in [5, 5.41) is 0. The molecule has 1 atom stereocenters.